The van der Waals surface area contributed by atoms with Crippen LogP contribution in [0.15, 0.2) is 0 Å². The Morgan fingerprint density at radius 1 is 1.04 bits per heavy atom. The molecular formula is C21H32N4O. The molecule has 4 rings (SSSR count). The maximum Gasteiger partial charge on any atom is 0.228 e. The smallest absolute Gasteiger partial charge is 0.228 e. The molecule has 0 aromatic carbocycles. The Balaban J connectivity index is 1.63. The maximum absolute atomic E-state index is 12.7. The number of anilines is 1. The van der Waals surface area contributed by atoms with E-state index in [2.05, 4.69) is 18.9 Å². The third-order valence-electron chi connectivity index (χ3n) is 6.51. The third kappa shape index (κ3) is 3.64. The first-order valence-corrected chi connectivity index (χ1v) is 10.5. The van der Waals surface area contributed by atoms with Gasteiger partial charge in [0.2, 0.25) is 5.91 Å². The molecule has 1 aromatic heterocycles. The van der Waals surface area contributed by atoms with Gasteiger partial charge in [-0.25, -0.2) is 9.97 Å². The fraction of sp³-hybridized carbons (Fsp3) is 0.762. The Morgan fingerprint density at radius 2 is 1.85 bits per heavy atom. The Hall–Kier alpha value is -1.49. The minimum atomic E-state index is 0.257. The van der Waals surface area contributed by atoms with E-state index >= 15 is 0 Å². The number of amides is 1. The lowest BCUT2D eigenvalue weighted by molar-refractivity contribution is -0.119. The Kier molecular flexibility index (Phi) is 5.25. The molecule has 1 atom stereocenters. The molecule has 0 radical (unpaired) electrons. The molecule has 3 aliphatic rings. The summed E-state index contributed by atoms with van der Waals surface area (Å²) in [6, 6.07) is 0. The van der Waals surface area contributed by atoms with Crippen LogP contribution in [-0.4, -0.2) is 47.5 Å². The topological polar surface area (TPSA) is 49.3 Å². The lowest BCUT2D eigenvalue weighted by atomic mass is 9.88. The van der Waals surface area contributed by atoms with Gasteiger partial charge >= 0.3 is 0 Å². The minimum absolute atomic E-state index is 0.257. The standard InChI is InChI=1S/C21H32N4O/c1-15-18-10-11-19(26)25(13-16-7-4-3-5-8-16)21(18)23-20(22-15)17-9-6-12-24(2)14-17/h16-17H,3-14H2,1-2H3/t17-/m1/s1. The van der Waals surface area contributed by atoms with Crippen LogP contribution in [0, 0.1) is 12.8 Å². The van der Waals surface area contributed by atoms with Crippen LogP contribution >= 0.6 is 0 Å². The zero-order valence-electron chi connectivity index (χ0n) is 16.3. The number of hydrogen-bond donors (Lipinski definition) is 0. The number of rotatable bonds is 3. The van der Waals surface area contributed by atoms with E-state index < -0.39 is 0 Å². The van der Waals surface area contributed by atoms with Crippen molar-refractivity contribution in [3.05, 3.63) is 17.1 Å². The largest absolute Gasteiger partial charge is 0.306 e. The van der Waals surface area contributed by atoms with E-state index in [1.165, 1.54) is 44.1 Å². The van der Waals surface area contributed by atoms with Crippen molar-refractivity contribution in [2.45, 2.75) is 70.6 Å². The first kappa shape index (κ1) is 17.9. The average Bonchev–Trinajstić information content (AvgIpc) is 2.65. The second-order valence-corrected chi connectivity index (χ2v) is 8.58. The zero-order chi connectivity index (χ0) is 18.1. The highest BCUT2D eigenvalue weighted by atomic mass is 16.2. The van der Waals surface area contributed by atoms with Crippen LogP contribution in [0.3, 0.4) is 0 Å². The number of likely N-dealkylation sites (N-methyl/N-ethyl adjacent to an activating group) is 1. The van der Waals surface area contributed by atoms with E-state index in [0.29, 0.717) is 18.3 Å². The summed E-state index contributed by atoms with van der Waals surface area (Å²) in [6.07, 6.45) is 10.2. The van der Waals surface area contributed by atoms with Gasteiger partial charge in [-0.05, 0) is 58.5 Å². The fourth-order valence-electron chi connectivity index (χ4n) is 4.98. The van der Waals surface area contributed by atoms with Crippen molar-refractivity contribution in [3.8, 4) is 0 Å². The molecule has 5 heteroatoms. The van der Waals surface area contributed by atoms with Crippen molar-refractivity contribution >= 4 is 11.7 Å². The first-order chi connectivity index (χ1) is 12.6. The molecule has 2 aliphatic heterocycles. The molecule has 26 heavy (non-hydrogen) atoms. The van der Waals surface area contributed by atoms with E-state index in [9.17, 15) is 4.79 Å². The van der Waals surface area contributed by atoms with Gasteiger partial charge in [-0.15, -0.1) is 0 Å². The summed E-state index contributed by atoms with van der Waals surface area (Å²) in [7, 11) is 2.18. The highest BCUT2D eigenvalue weighted by molar-refractivity contribution is 5.95. The normalized spacial score (nSPS) is 25.4. The minimum Gasteiger partial charge on any atom is -0.306 e. The Labute approximate surface area is 157 Å². The van der Waals surface area contributed by atoms with Gasteiger partial charge in [-0.1, -0.05) is 19.3 Å². The van der Waals surface area contributed by atoms with Gasteiger partial charge in [0.25, 0.3) is 0 Å². The van der Waals surface area contributed by atoms with E-state index in [1.54, 1.807) is 0 Å². The fourth-order valence-corrected chi connectivity index (χ4v) is 4.98. The molecule has 5 nitrogen and oxygen atoms in total. The van der Waals surface area contributed by atoms with Crippen molar-refractivity contribution < 1.29 is 4.79 Å². The molecular weight excluding hydrogens is 324 g/mol. The van der Waals surface area contributed by atoms with Crippen molar-refractivity contribution in [2.24, 2.45) is 5.92 Å². The molecule has 3 heterocycles. The summed E-state index contributed by atoms with van der Waals surface area (Å²) >= 11 is 0. The van der Waals surface area contributed by atoms with E-state index in [1.807, 2.05) is 4.90 Å². The second-order valence-electron chi connectivity index (χ2n) is 8.58. The first-order valence-electron chi connectivity index (χ1n) is 10.5. The summed E-state index contributed by atoms with van der Waals surface area (Å²) in [4.78, 5) is 27.0. The number of likely N-dealkylation sites (tertiary alicyclic amines) is 1. The molecule has 0 N–H and O–H groups in total. The molecule has 1 saturated carbocycles. The number of aryl methyl sites for hydroxylation is 1. The molecule has 1 saturated heterocycles. The van der Waals surface area contributed by atoms with Gasteiger partial charge in [0, 0.05) is 36.7 Å². The Morgan fingerprint density at radius 3 is 2.62 bits per heavy atom. The molecule has 142 valence electrons. The van der Waals surface area contributed by atoms with Crippen LogP contribution in [-0.2, 0) is 11.2 Å². The predicted molar refractivity (Wildman–Crippen MR) is 103 cm³/mol. The highest BCUT2D eigenvalue weighted by Crippen LogP contribution is 2.34. The molecule has 0 bridgehead atoms. The molecule has 1 amide bonds. The number of aromatic nitrogens is 2. The zero-order valence-corrected chi connectivity index (χ0v) is 16.3. The summed E-state index contributed by atoms with van der Waals surface area (Å²) in [5.74, 6) is 3.18. The Bertz CT molecular complexity index is 668. The number of carbonyl (C=O) groups excluding carboxylic acids is 1. The van der Waals surface area contributed by atoms with Crippen LogP contribution in [0.25, 0.3) is 0 Å². The quantitative estimate of drug-likeness (QED) is 0.832. The molecule has 0 unspecified atom stereocenters. The monoisotopic (exact) mass is 356 g/mol. The van der Waals surface area contributed by atoms with Gasteiger partial charge in [0.15, 0.2) is 0 Å². The SMILES string of the molecule is Cc1nc([C@@H]2CCCN(C)C2)nc2c1CCC(=O)N2CC1CCCCC1. The van der Waals surface area contributed by atoms with Crippen LogP contribution in [0.4, 0.5) is 5.82 Å². The van der Waals surface area contributed by atoms with Gasteiger partial charge in [-0.2, -0.15) is 0 Å². The molecule has 1 aliphatic carbocycles. The van der Waals surface area contributed by atoms with E-state index in [0.717, 1.165) is 49.8 Å². The summed E-state index contributed by atoms with van der Waals surface area (Å²) in [5, 5.41) is 0. The summed E-state index contributed by atoms with van der Waals surface area (Å²) < 4.78 is 0. The predicted octanol–water partition coefficient (Wildman–Crippen LogP) is 3.45. The second kappa shape index (κ2) is 7.63. The van der Waals surface area contributed by atoms with Crippen LogP contribution in [0.2, 0.25) is 0 Å². The summed E-state index contributed by atoms with van der Waals surface area (Å²) in [5.41, 5.74) is 2.28. The average molecular weight is 357 g/mol. The number of piperidine rings is 1. The van der Waals surface area contributed by atoms with Crippen LogP contribution in [0.5, 0.6) is 0 Å². The molecule has 1 aromatic rings. The molecule has 0 spiro atoms. The number of hydrogen-bond acceptors (Lipinski definition) is 4. The maximum atomic E-state index is 12.7. The van der Waals surface area contributed by atoms with Crippen molar-refractivity contribution in [2.75, 3.05) is 31.6 Å². The van der Waals surface area contributed by atoms with E-state index in [4.69, 9.17) is 9.97 Å². The van der Waals surface area contributed by atoms with Gasteiger partial charge in [-0.3, -0.25) is 9.69 Å². The van der Waals surface area contributed by atoms with Crippen LogP contribution in [0.1, 0.15) is 74.4 Å². The number of carbonyl (C=O) groups is 1. The number of nitrogens with zero attached hydrogens (tertiary/aromatic N) is 4. The van der Waals surface area contributed by atoms with Crippen molar-refractivity contribution in [3.63, 3.8) is 0 Å². The van der Waals surface area contributed by atoms with E-state index in [-0.39, 0.29) is 5.91 Å². The van der Waals surface area contributed by atoms with Gasteiger partial charge < -0.3 is 4.90 Å². The summed E-state index contributed by atoms with van der Waals surface area (Å²) in [6.45, 7) is 5.14. The highest BCUT2D eigenvalue weighted by Gasteiger charge is 2.32. The number of fused-ring (bicyclic) bond motifs is 1. The van der Waals surface area contributed by atoms with Crippen molar-refractivity contribution in [1.82, 2.24) is 14.9 Å². The van der Waals surface area contributed by atoms with Gasteiger partial charge in [0.05, 0.1) is 0 Å². The lowest BCUT2D eigenvalue weighted by Crippen LogP contribution is -2.41. The lowest BCUT2D eigenvalue weighted by Gasteiger charge is -2.34. The van der Waals surface area contributed by atoms with Gasteiger partial charge in [0.1, 0.15) is 11.6 Å². The molecule has 2 fully saturated rings. The van der Waals surface area contributed by atoms with Crippen LogP contribution < -0.4 is 4.90 Å². The van der Waals surface area contributed by atoms with Crippen molar-refractivity contribution in [1.29, 1.82) is 0 Å². The third-order valence-corrected chi connectivity index (χ3v) is 6.51.